The topological polar surface area (TPSA) is 55.4 Å². The molecule has 21 heavy (non-hydrogen) atoms. The predicted octanol–water partition coefficient (Wildman–Crippen LogP) is 2.53. The Hall–Kier alpha value is -1.14. The minimum Gasteiger partial charge on any atom is -0.493 e. The van der Waals surface area contributed by atoms with E-state index in [0.717, 1.165) is 5.56 Å². The molecule has 120 valence electrons. The molecule has 0 saturated heterocycles. The molecule has 0 saturated carbocycles. The molecule has 0 aliphatic rings. The van der Waals surface area contributed by atoms with Crippen LogP contribution in [0.15, 0.2) is 18.2 Å². The molecular formula is C15H24FNO3S. The van der Waals surface area contributed by atoms with Crippen molar-refractivity contribution in [2.45, 2.75) is 39.8 Å². The van der Waals surface area contributed by atoms with E-state index in [4.69, 9.17) is 4.74 Å². The Labute approximate surface area is 126 Å². The fourth-order valence-electron chi connectivity index (χ4n) is 1.75. The maximum atomic E-state index is 13.3. The van der Waals surface area contributed by atoms with Crippen LogP contribution in [-0.4, -0.2) is 32.6 Å². The highest BCUT2D eigenvalue weighted by molar-refractivity contribution is 7.91. The second-order valence-electron chi connectivity index (χ2n) is 5.23. The van der Waals surface area contributed by atoms with Gasteiger partial charge in [-0.15, -0.1) is 0 Å². The number of benzene rings is 1. The zero-order valence-corrected chi connectivity index (χ0v) is 13.7. The van der Waals surface area contributed by atoms with E-state index in [0.29, 0.717) is 25.3 Å². The first-order valence-corrected chi connectivity index (χ1v) is 9.01. The molecular weight excluding hydrogens is 293 g/mol. The SMILES string of the molecule is CCS(=O)(=O)CCCOc1ccc(F)cc1CNC(C)C. The number of hydrogen-bond acceptors (Lipinski definition) is 4. The van der Waals surface area contributed by atoms with Gasteiger partial charge in [0.05, 0.1) is 12.4 Å². The molecule has 0 amide bonds. The highest BCUT2D eigenvalue weighted by Gasteiger charge is 2.09. The third kappa shape index (κ3) is 6.91. The molecule has 1 aromatic rings. The Kier molecular flexibility index (Phi) is 7.11. The van der Waals surface area contributed by atoms with Crippen molar-refractivity contribution in [3.8, 4) is 5.75 Å². The zero-order chi connectivity index (χ0) is 15.9. The van der Waals surface area contributed by atoms with E-state index in [1.165, 1.54) is 12.1 Å². The number of rotatable bonds is 9. The largest absolute Gasteiger partial charge is 0.493 e. The summed E-state index contributed by atoms with van der Waals surface area (Å²) in [5, 5.41) is 3.21. The lowest BCUT2D eigenvalue weighted by molar-refractivity contribution is 0.312. The number of nitrogens with one attached hydrogen (secondary N) is 1. The molecule has 0 aromatic heterocycles. The van der Waals surface area contributed by atoms with Crippen LogP contribution in [0.2, 0.25) is 0 Å². The monoisotopic (exact) mass is 317 g/mol. The maximum absolute atomic E-state index is 13.3. The van der Waals surface area contributed by atoms with Gasteiger partial charge in [-0.3, -0.25) is 0 Å². The van der Waals surface area contributed by atoms with E-state index < -0.39 is 9.84 Å². The lowest BCUT2D eigenvalue weighted by Crippen LogP contribution is -2.22. The lowest BCUT2D eigenvalue weighted by Gasteiger charge is -2.14. The first kappa shape index (κ1) is 17.9. The van der Waals surface area contributed by atoms with Crippen molar-refractivity contribution in [2.24, 2.45) is 0 Å². The minimum absolute atomic E-state index is 0.115. The molecule has 0 unspecified atom stereocenters. The van der Waals surface area contributed by atoms with Gasteiger partial charge >= 0.3 is 0 Å². The number of ether oxygens (including phenoxy) is 1. The van der Waals surface area contributed by atoms with Crippen molar-refractivity contribution in [1.82, 2.24) is 5.32 Å². The van der Waals surface area contributed by atoms with Gasteiger partial charge in [0.25, 0.3) is 0 Å². The summed E-state index contributed by atoms with van der Waals surface area (Å²) in [5.74, 6) is 0.548. The number of hydrogen-bond donors (Lipinski definition) is 1. The molecule has 0 radical (unpaired) electrons. The van der Waals surface area contributed by atoms with Crippen LogP contribution in [0.1, 0.15) is 32.8 Å². The van der Waals surface area contributed by atoms with Crippen LogP contribution in [0.3, 0.4) is 0 Å². The summed E-state index contributed by atoms with van der Waals surface area (Å²) in [7, 11) is -2.96. The van der Waals surface area contributed by atoms with E-state index in [1.54, 1.807) is 13.0 Å². The summed E-state index contributed by atoms with van der Waals surface area (Å²) in [4.78, 5) is 0. The summed E-state index contributed by atoms with van der Waals surface area (Å²) in [6.45, 7) is 6.47. The van der Waals surface area contributed by atoms with Gasteiger partial charge in [0.1, 0.15) is 21.4 Å². The zero-order valence-electron chi connectivity index (χ0n) is 12.9. The van der Waals surface area contributed by atoms with Gasteiger partial charge in [-0.1, -0.05) is 20.8 Å². The molecule has 6 heteroatoms. The van der Waals surface area contributed by atoms with Gasteiger partial charge in [0, 0.05) is 23.9 Å². The Morgan fingerprint density at radius 2 is 2.05 bits per heavy atom. The second kappa shape index (κ2) is 8.34. The maximum Gasteiger partial charge on any atom is 0.150 e. The van der Waals surface area contributed by atoms with Crippen LogP contribution in [0.25, 0.3) is 0 Å². The normalized spacial score (nSPS) is 11.9. The van der Waals surface area contributed by atoms with Gasteiger partial charge in [0.2, 0.25) is 0 Å². The summed E-state index contributed by atoms with van der Waals surface area (Å²) >= 11 is 0. The number of halogens is 1. The molecule has 0 spiro atoms. The second-order valence-corrected chi connectivity index (χ2v) is 7.70. The van der Waals surface area contributed by atoms with E-state index in [1.807, 2.05) is 13.8 Å². The quantitative estimate of drug-likeness (QED) is 0.711. The average Bonchev–Trinajstić information content (AvgIpc) is 2.43. The third-order valence-electron chi connectivity index (χ3n) is 3.02. The Bertz CT molecular complexity index is 544. The van der Waals surface area contributed by atoms with Gasteiger partial charge in [-0.25, -0.2) is 12.8 Å². The van der Waals surface area contributed by atoms with Crippen LogP contribution in [0.5, 0.6) is 5.75 Å². The Morgan fingerprint density at radius 1 is 1.33 bits per heavy atom. The van der Waals surface area contributed by atoms with Crippen LogP contribution in [0.4, 0.5) is 4.39 Å². The molecule has 1 N–H and O–H groups in total. The highest BCUT2D eigenvalue weighted by atomic mass is 32.2. The summed E-state index contributed by atoms with van der Waals surface area (Å²) in [6, 6.07) is 4.65. The summed E-state index contributed by atoms with van der Waals surface area (Å²) in [5.41, 5.74) is 0.738. The Balaban J connectivity index is 2.57. The fourth-order valence-corrected chi connectivity index (χ4v) is 2.59. The molecule has 0 heterocycles. The molecule has 4 nitrogen and oxygen atoms in total. The van der Waals surface area contributed by atoms with E-state index in [2.05, 4.69) is 5.32 Å². The molecule has 0 atom stereocenters. The third-order valence-corrected chi connectivity index (χ3v) is 4.81. The molecule has 0 aliphatic carbocycles. The summed E-state index contributed by atoms with van der Waals surface area (Å²) < 4.78 is 41.7. The van der Waals surface area contributed by atoms with E-state index >= 15 is 0 Å². The first-order chi connectivity index (χ1) is 9.84. The fraction of sp³-hybridized carbons (Fsp3) is 0.600. The van der Waals surface area contributed by atoms with Crippen molar-refractivity contribution in [1.29, 1.82) is 0 Å². The Morgan fingerprint density at radius 3 is 2.67 bits per heavy atom. The lowest BCUT2D eigenvalue weighted by atomic mass is 10.2. The number of sulfone groups is 1. The van der Waals surface area contributed by atoms with E-state index in [9.17, 15) is 12.8 Å². The first-order valence-electron chi connectivity index (χ1n) is 7.19. The van der Waals surface area contributed by atoms with Gasteiger partial charge in [-0.05, 0) is 24.6 Å². The van der Waals surface area contributed by atoms with Crippen LogP contribution < -0.4 is 10.1 Å². The standard InChI is InChI=1S/C15H24FNO3S/c1-4-21(18,19)9-5-8-20-15-7-6-14(16)10-13(15)11-17-12(2)3/h6-7,10,12,17H,4-5,8-9,11H2,1-3H3. The molecule has 1 aromatic carbocycles. The van der Waals surface area contributed by atoms with Crippen molar-refractivity contribution in [3.63, 3.8) is 0 Å². The molecule has 1 rings (SSSR count). The van der Waals surface area contributed by atoms with Crippen LogP contribution >= 0.6 is 0 Å². The van der Waals surface area contributed by atoms with Gasteiger partial charge in [-0.2, -0.15) is 0 Å². The van der Waals surface area contributed by atoms with Gasteiger partial charge < -0.3 is 10.1 Å². The molecule has 0 bridgehead atoms. The van der Waals surface area contributed by atoms with E-state index in [-0.39, 0.29) is 23.4 Å². The minimum atomic E-state index is -2.96. The average molecular weight is 317 g/mol. The van der Waals surface area contributed by atoms with Crippen LogP contribution in [-0.2, 0) is 16.4 Å². The van der Waals surface area contributed by atoms with Crippen molar-refractivity contribution >= 4 is 9.84 Å². The molecule has 0 fully saturated rings. The summed E-state index contributed by atoms with van der Waals surface area (Å²) in [6.07, 6.45) is 0.435. The van der Waals surface area contributed by atoms with Gasteiger partial charge in [0.15, 0.2) is 0 Å². The smallest absolute Gasteiger partial charge is 0.150 e. The van der Waals surface area contributed by atoms with Crippen molar-refractivity contribution < 1.29 is 17.5 Å². The van der Waals surface area contributed by atoms with Crippen molar-refractivity contribution in [2.75, 3.05) is 18.1 Å². The van der Waals surface area contributed by atoms with Crippen molar-refractivity contribution in [3.05, 3.63) is 29.6 Å². The predicted molar refractivity (Wildman–Crippen MR) is 82.8 cm³/mol. The van der Waals surface area contributed by atoms with Crippen LogP contribution in [0, 0.1) is 5.82 Å². The highest BCUT2D eigenvalue weighted by Crippen LogP contribution is 2.20. The molecule has 0 aliphatic heterocycles.